The third kappa shape index (κ3) is 6.70. The van der Waals surface area contributed by atoms with E-state index in [1.807, 2.05) is 78.9 Å². The van der Waals surface area contributed by atoms with E-state index < -0.39 is 0 Å². The maximum atomic E-state index is 13.0. The van der Waals surface area contributed by atoms with Crippen molar-refractivity contribution in [2.24, 2.45) is 0 Å². The molecule has 0 fully saturated rings. The Morgan fingerprint density at radius 3 is 2.17 bits per heavy atom. The van der Waals surface area contributed by atoms with Crippen molar-refractivity contribution in [2.45, 2.75) is 38.5 Å². The molecule has 0 unspecified atom stereocenters. The molecule has 6 rings (SSSR count). The fraction of sp³-hybridized carbons (Fsp3) is 0.188. The lowest BCUT2D eigenvalue weighted by molar-refractivity contribution is -0.115. The van der Waals surface area contributed by atoms with Crippen LogP contribution in [0.1, 0.15) is 43.8 Å². The van der Waals surface area contributed by atoms with Crippen molar-refractivity contribution in [3.05, 3.63) is 111 Å². The summed E-state index contributed by atoms with van der Waals surface area (Å²) in [5, 5.41) is 27.2. The first-order chi connectivity index (χ1) is 20.1. The number of anilines is 1. The molecular weight excluding hydrogens is 551 g/mol. The van der Waals surface area contributed by atoms with E-state index in [4.69, 9.17) is 0 Å². The summed E-state index contributed by atoms with van der Waals surface area (Å²) < 4.78 is 0. The molecule has 0 aliphatic heterocycles. The quantitative estimate of drug-likeness (QED) is 0.133. The van der Waals surface area contributed by atoms with Crippen LogP contribution >= 0.6 is 22.7 Å². The van der Waals surface area contributed by atoms with Gasteiger partial charge >= 0.3 is 0 Å². The first kappa shape index (κ1) is 26.9. The summed E-state index contributed by atoms with van der Waals surface area (Å²) >= 11 is 2.92. The number of hydrogen-bond acceptors (Lipinski definition) is 8. The monoisotopic (exact) mass is 577 g/mol. The fourth-order valence-electron chi connectivity index (χ4n) is 4.82. The van der Waals surface area contributed by atoms with Crippen molar-refractivity contribution in [3.63, 3.8) is 0 Å². The molecule has 0 aliphatic rings. The zero-order valence-corrected chi connectivity index (χ0v) is 23.9. The predicted molar refractivity (Wildman–Crippen MR) is 165 cm³/mol. The number of aromatic nitrogens is 4. The van der Waals surface area contributed by atoms with Crippen molar-refractivity contribution in [1.82, 2.24) is 20.4 Å². The molecule has 0 saturated carbocycles. The van der Waals surface area contributed by atoms with Crippen LogP contribution in [-0.2, 0) is 30.5 Å². The van der Waals surface area contributed by atoms with Gasteiger partial charge in [-0.15, -0.1) is 31.7 Å². The lowest BCUT2D eigenvalue weighted by Gasteiger charge is -2.04. The molecule has 2 aromatic heterocycles. The Kier molecular flexibility index (Phi) is 8.16. The number of benzene rings is 4. The highest BCUT2D eigenvalue weighted by Crippen LogP contribution is 2.23. The third-order valence-electron chi connectivity index (χ3n) is 6.83. The second-order valence-electron chi connectivity index (χ2n) is 9.83. The molecule has 1 amide bonds. The number of hydrogen-bond donors (Lipinski definition) is 1. The van der Waals surface area contributed by atoms with Gasteiger partial charge in [-0.3, -0.25) is 9.59 Å². The zero-order valence-electron chi connectivity index (χ0n) is 22.2. The molecule has 0 bridgehead atoms. The topological polar surface area (TPSA) is 97.7 Å². The maximum absolute atomic E-state index is 13.0. The largest absolute Gasteiger partial charge is 0.300 e. The van der Waals surface area contributed by atoms with Crippen LogP contribution in [0.25, 0.3) is 21.5 Å². The van der Waals surface area contributed by atoms with Gasteiger partial charge in [0.05, 0.1) is 12.8 Å². The number of unbranched alkanes of at least 4 members (excludes halogenated alkanes) is 1. The van der Waals surface area contributed by atoms with Crippen molar-refractivity contribution in [1.29, 1.82) is 0 Å². The Hall–Kier alpha value is -4.34. The minimum absolute atomic E-state index is 0.0564. The van der Waals surface area contributed by atoms with Gasteiger partial charge < -0.3 is 5.32 Å². The summed E-state index contributed by atoms with van der Waals surface area (Å²) in [5.74, 6) is -0.0464. The zero-order chi connectivity index (χ0) is 28.0. The van der Waals surface area contributed by atoms with Crippen LogP contribution in [-0.4, -0.2) is 32.1 Å². The number of Topliss-reactive ketones (excluding diaryl/α,β-unsaturated/α-hetero) is 1. The van der Waals surface area contributed by atoms with Crippen LogP contribution in [0, 0.1) is 0 Å². The van der Waals surface area contributed by atoms with Crippen LogP contribution in [0.15, 0.2) is 84.9 Å². The van der Waals surface area contributed by atoms with Crippen LogP contribution < -0.4 is 5.32 Å². The number of nitrogens with one attached hydrogen (secondary N) is 1. The highest BCUT2D eigenvalue weighted by atomic mass is 32.1. The van der Waals surface area contributed by atoms with E-state index in [0.717, 1.165) is 73.4 Å². The smallest absolute Gasteiger partial charge is 0.230 e. The standard InChI is InChI=1S/C32H27N5O2S2/c38-27(26-13-7-11-23-9-3-4-12-25(23)26)20-31-36-34-29(40-31)14-5-6-15-30-35-37-32(41-30)33-28(39)19-21-16-17-22-8-1-2-10-24(22)18-21/h1-4,7-13,16-18H,5-6,14-15,19-20H2,(H,33,37,39). The molecule has 9 heteroatoms. The minimum Gasteiger partial charge on any atom is -0.300 e. The van der Waals surface area contributed by atoms with E-state index in [9.17, 15) is 9.59 Å². The van der Waals surface area contributed by atoms with Gasteiger partial charge in [0.15, 0.2) is 5.78 Å². The Labute approximate surface area is 245 Å². The number of aryl methyl sites for hydroxylation is 2. The first-order valence-corrected chi connectivity index (χ1v) is 15.2. The Morgan fingerprint density at radius 1 is 0.634 bits per heavy atom. The molecule has 4 aromatic carbocycles. The lowest BCUT2D eigenvalue weighted by Crippen LogP contribution is -2.14. The summed E-state index contributed by atoms with van der Waals surface area (Å²) in [4.78, 5) is 25.5. The molecule has 41 heavy (non-hydrogen) atoms. The number of rotatable bonds is 11. The molecule has 0 saturated heterocycles. The highest BCUT2D eigenvalue weighted by molar-refractivity contribution is 7.15. The molecule has 7 nitrogen and oxygen atoms in total. The van der Waals surface area contributed by atoms with Gasteiger partial charge in [-0.25, -0.2) is 0 Å². The average Bonchev–Trinajstić information content (AvgIpc) is 3.63. The molecular formula is C32H27N5O2S2. The molecule has 204 valence electrons. The fourth-order valence-corrected chi connectivity index (χ4v) is 6.50. The molecule has 6 aromatic rings. The van der Waals surface area contributed by atoms with E-state index in [1.165, 1.54) is 22.7 Å². The SMILES string of the molecule is O=C(Cc1ccc2ccccc2c1)Nc1nnc(CCCCc2nnc(CC(=O)c3cccc4ccccc34)s2)s1. The van der Waals surface area contributed by atoms with Gasteiger partial charge in [-0.2, -0.15) is 0 Å². The number of amides is 1. The summed E-state index contributed by atoms with van der Waals surface area (Å²) in [6.45, 7) is 0. The molecule has 2 heterocycles. The van der Waals surface area contributed by atoms with E-state index >= 15 is 0 Å². The second-order valence-corrected chi connectivity index (χ2v) is 12.0. The summed E-state index contributed by atoms with van der Waals surface area (Å²) in [6, 6.07) is 27.9. The van der Waals surface area contributed by atoms with Gasteiger partial charge in [0, 0.05) is 18.4 Å². The van der Waals surface area contributed by atoms with Crippen molar-refractivity contribution >= 4 is 61.0 Å². The lowest BCUT2D eigenvalue weighted by atomic mass is 10.0. The summed E-state index contributed by atoms with van der Waals surface area (Å²) in [7, 11) is 0. The van der Waals surface area contributed by atoms with Crippen LogP contribution in [0.4, 0.5) is 5.13 Å². The van der Waals surface area contributed by atoms with E-state index in [2.05, 4.69) is 31.8 Å². The first-order valence-electron chi connectivity index (χ1n) is 13.5. The number of fused-ring (bicyclic) bond motifs is 2. The van der Waals surface area contributed by atoms with Gasteiger partial charge in [0.2, 0.25) is 11.0 Å². The van der Waals surface area contributed by atoms with Crippen LogP contribution in [0.3, 0.4) is 0 Å². The number of nitrogens with zero attached hydrogens (tertiary/aromatic N) is 4. The highest BCUT2D eigenvalue weighted by Gasteiger charge is 2.14. The van der Waals surface area contributed by atoms with Crippen molar-refractivity contribution in [3.8, 4) is 0 Å². The summed E-state index contributed by atoms with van der Waals surface area (Å²) in [6.07, 6.45) is 3.97. The Balaban J connectivity index is 0.948. The second kappa shape index (κ2) is 12.4. The molecule has 0 atom stereocenters. The molecule has 1 N–H and O–H groups in total. The average molecular weight is 578 g/mol. The van der Waals surface area contributed by atoms with E-state index in [-0.39, 0.29) is 24.5 Å². The third-order valence-corrected chi connectivity index (χ3v) is 8.72. The summed E-state index contributed by atoms with van der Waals surface area (Å²) in [5.41, 5.74) is 1.69. The Morgan fingerprint density at radius 2 is 1.32 bits per heavy atom. The van der Waals surface area contributed by atoms with Crippen molar-refractivity contribution in [2.75, 3.05) is 5.32 Å². The van der Waals surface area contributed by atoms with E-state index in [0.29, 0.717) is 5.13 Å². The van der Waals surface area contributed by atoms with Gasteiger partial charge in [-0.05, 0) is 39.9 Å². The number of carbonyl (C=O) groups excluding carboxylic acids is 2. The van der Waals surface area contributed by atoms with Gasteiger partial charge in [0.25, 0.3) is 0 Å². The number of ketones is 1. The predicted octanol–water partition coefficient (Wildman–Crippen LogP) is 6.87. The Bertz CT molecular complexity index is 1840. The van der Waals surface area contributed by atoms with Crippen LogP contribution in [0.2, 0.25) is 0 Å². The van der Waals surface area contributed by atoms with E-state index in [1.54, 1.807) is 0 Å². The van der Waals surface area contributed by atoms with Gasteiger partial charge in [-0.1, -0.05) is 96.3 Å². The van der Waals surface area contributed by atoms with Crippen molar-refractivity contribution < 1.29 is 9.59 Å². The molecule has 0 spiro atoms. The number of carbonyl (C=O) groups is 2. The van der Waals surface area contributed by atoms with Crippen LogP contribution in [0.5, 0.6) is 0 Å². The minimum atomic E-state index is -0.103. The van der Waals surface area contributed by atoms with Gasteiger partial charge in [0.1, 0.15) is 15.0 Å². The molecule has 0 aliphatic carbocycles. The molecule has 0 radical (unpaired) electrons. The maximum Gasteiger partial charge on any atom is 0.230 e. The normalized spacial score (nSPS) is 11.2.